The van der Waals surface area contributed by atoms with Crippen LogP contribution in [0.4, 0.5) is 18.9 Å². The van der Waals surface area contributed by atoms with E-state index >= 15 is 0 Å². The van der Waals surface area contributed by atoms with Crippen molar-refractivity contribution in [3.8, 4) is 16.9 Å². The molecule has 180 valence electrons. The molecule has 4 aromatic rings. The lowest BCUT2D eigenvalue weighted by Crippen LogP contribution is -2.27. The molecule has 2 aromatic carbocycles. The van der Waals surface area contributed by atoms with E-state index < -0.39 is 44.5 Å². The van der Waals surface area contributed by atoms with Gasteiger partial charge in [0, 0.05) is 23.0 Å². The Morgan fingerprint density at radius 2 is 1.80 bits per heavy atom. The predicted octanol–water partition coefficient (Wildman–Crippen LogP) is 6.31. The SMILES string of the molecule is C[C@H](N)c1cc2cccc(C(F)(F)F)c2c(=O)n1-c1cccc(-c2cc(Cl)c([N+](=O)[O-])c(Cl)n2)c1. The van der Waals surface area contributed by atoms with Crippen LogP contribution in [0.1, 0.15) is 24.2 Å². The summed E-state index contributed by atoms with van der Waals surface area (Å²) in [5, 5.41) is 10.1. The number of aromatic nitrogens is 2. The number of nitrogens with zero attached hydrogens (tertiary/aromatic N) is 3. The first kappa shape index (κ1) is 24.6. The van der Waals surface area contributed by atoms with Gasteiger partial charge in [0.2, 0.25) is 5.15 Å². The average molecular weight is 523 g/mol. The largest absolute Gasteiger partial charge is 0.417 e. The van der Waals surface area contributed by atoms with Crippen molar-refractivity contribution in [3.63, 3.8) is 0 Å². The van der Waals surface area contributed by atoms with Crippen LogP contribution in [0.3, 0.4) is 0 Å². The number of fused-ring (bicyclic) bond motifs is 1. The average Bonchev–Trinajstić information content (AvgIpc) is 2.77. The fourth-order valence-electron chi connectivity index (χ4n) is 3.81. The van der Waals surface area contributed by atoms with Crippen LogP contribution in [0.15, 0.2) is 59.4 Å². The molecule has 0 saturated heterocycles. The molecule has 0 aliphatic carbocycles. The molecular formula is C23H15Cl2F3N4O3. The summed E-state index contributed by atoms with van der Waals surface area (Å²) in [6.45, 7) is 1.60. The summed E-state index contributed by atoms with van der Waals surface area (Å²) in [6, 6.07) is 11.6. The molecule has 7 nitrogen and oxygen atoms in total. The van der Waals surface area contributed by atoms with Crippen molar-refractivity contribution >= 4 is 39.7 Å². The number of hydrogen-bond donors (Lipinski definition) is 1. The maximum absolute atomic E-state index is 13.7. The number of rotatable bonds is 4. The maximum atomic E-state index is 13.7. The molecule has 35 heavy (non-hydrogen) atoms. The van der Waals surface area contributed by atoms with E-state index in [1.807, 2.05) is 0 Å². The molecule has 2 aromatic heterocycles. The van der Waals surface area contributed by atoms with Crippen LogP contribution in [0, 0.1) is 10.1 Å². The molecule has 2 N–H and O–H groups in total. The number of hydrogen-bond acceptors (Lipinski definition) is 5. The van der Waals surface area contributed by atoms with Crippen molar-refractivity contribution in [3.05, 3.63) is 96.5 Å². The molecule has 0 saturated carbocycles. The molecule has 1 atom stereocenters. The number of alkyl halides is 3. The first-order chi connectivity index (χ1) is 16.4. The third-order valence-corrected chi connectivity index (χ3v) is 5.89. The van der Waals surface area contributed by atoms with Crippen LogP contribution in [0.25, 0.3) is 27.7 Å². The summed E-state index contributed by atoms with van der Waals surface area (Å²) in [4.78, 5) is 27.9. The van der Waals surface area contributed by atoms with Gasteiger partial charge in [0.15, 0.2) is 0 Å². The first-order valence-corrected chi connectivity index (χ1v) is 10.8. The Bertz CT molecular complexity index is 1530. The molecule has 0 bridgehead atoms. The normalized spacial score (nSPS) is 12.7. The highest BCUT2D eigenvalue weighted by Gasteiger charge is 2.34. The molecular weight excluding hydrogens is 508 g/mol. The highest BCUT2D eigenvalue weighted by atomic mass is 35.5. The van der Waals surface area contributed by atoms with E-state index in [0.717, 1.165) is 10.6 Å². The second-order valence-electron chi connectivity index (χ2n) is 7.70. The number of nitro groups is 1. The zero-order chi connectivity index (χ0) is 25.7. The predicted molar refractivity (Wildman–Crippen MR) is 127 cm³/mol. The quantitative estimate of drug-likeness (QED) is 0.192. The van der Waals surface area contributed by atoms with E-state index in [0.29, 0.717) is 5.56 Å². The van der Waals surface area contributed by atoms with Gasteiger partial charge >= 0.3 is 11.9 Å². The summed E-state index contributed by atoms with van der Waals surface area (Å²) >= 11 is 11.9. The molecule has 0 aliphatic rings. The van der Waals surface area contributed by atoms with E-state index in [-0.39, 0.29) is 27.5 Å². The van der Waals surface area contributed by atoms with E-state index in [2.05, 4.69) is 4.98 Å². The van der Waals surface area contributed by atoms with Gasteiger partial charge < -0.3 is 5.73 Å². The second kappa shape index (κ2) is 8.95. The summed E-state index contributed by atoms with van der Waals surface area (Å²) in [7, 11) is 0. The fraction of sp³-hybridized carbons (Fsp3) is 0.130. The van der Waals surface area contributed by atoms with Crippen molar-refractivity contribution in [2.24, 2.45) is 5.73 Å². The second-order valence-corrected chi connectivity index (χ2v) is 8.47. The number of benzene rings is 2. The number of halogens is 5. The topological polar surface area (TPSA) is 104 Å². The Morgan fingerprint density at radius 1 is 1.11 bits per heavy atom. The van der Waals surface area contributed by atoms with Crippen LogP contribution < -0.4 is 11.3 Å². The van der Waals surface area contributed by atoms with Crippen molar-refractivity contribution in [2.45, 2.75) is 19.1 Å². The van der Waals surface area contributed by atoms with Gasteiger partial charge in [0.05, 0.1) is 21.6 Å². The van der Waals surface area contributed by atoms with Gasteiger partial charge in [-0.25, -0.2) is 4.98 Å². The smallest absolute Gasteiger partial charge is 0.323 e. The zero-order valence-corrected chi connectivity index (χ0v) is 19.3. The van der Waals surface area contributed by atoms with E-state index in [1.54, 1.807) is 19.1 Å². The van der Waals surface area contributed by atoms with Crippen LogP contribution >= 0.6 is 23.2 Å². The molecule has 4 rings (SSSR count). The molecule has 0 amide bonds. The van der Waals surface area contributed by atoms with Crippen LogP contribution in [0.5, 0.6) is 0 Å². The lowest BCUT2D eigenvalue weighted by atomic mass is 10.0. The van der Waals surface area contributed by atoms with Crippen LogP contribution in [-0.2, 0) is 6.18 Å². The van der Waals surface area contributed by atoms with Gasteiger partial charge in [-0.1, -0.05) is 47.5 Å². The van der Waals surface area contributed by atoms with Gasteiger partial charge in [0.25, 0.3) is 5.56 Å². The zero-order valence-electron chi connectivity index (χ0n) is 17.8. The minimum atomic E-state index is -4.75. The molecule has 2 heterocycles. The monoisotopic (exact) mass is 522 g/mol. The third kappa shape index (κ3) is 4.47. The summed E-state index contributed by atoms with van der Waals surface area (Å²) in [5.41, 5.74) is 4.60. The van der Waals surface area contributed by atoms with Gasteiger partial charge in [-0.3, -0.25) is 19.5 Å². The number of pyridine rings is 2. The highest BCUT2D eigenvalue weighted by molar-refractivity contribution is 6.37. The van der Waals surface area contributed by atoms with Crippen molar-refractivity contribution < 1.29 is 18.1 Å². The van der Waals surface area contributed by atoms with Crippen LogP contribution in [0.2, 0.25) is 10.2 Å². The maximum Gasteiger partial charge on any atom is 0.417 e. The van der Waals surface area contributed by atoms with Gasteiger partial charge in [0.1, 0.15) is 5.02 Å². The molecule has 0 fully saturated rings. The fourth-order valence-corrected chi connectivity index (χ4v) is 4.38. The third-order valence-electron chi connectivity index (χ3n) is 5.33. The number of nitrogens with two attached hydrogens (primary N) is 1. The lowest BCUT2D eigenvalue weighted by molar-refractivity contribution is -0.384. The van der Waals surface area contributed by atoms with Crippen LogP contribution in [-0.4, -0.2) is 14.5 Å². The minimum absolute atomic E-state index is 0.111. The first-order valence-electron chi connectivity index (χ1n) is 10.0. The molecule has 0 aliphatic heterocycles. The Kier molecular flexibility index (Phi) is 6.31. The molecule has 0 spiro atoms. The van der Waals surface area contributed by atoms with Gasteiger partial charge in [-0.2, -0.15) is 13.2 Å². The summed E-state index contributed by atoms with van der Waals surface area (Å²) < 4.78 is 42.2. The minimum Gasteiger partial charge on any atom is -0.323 e. The molecule has 0 radical (unpaired) electrons. The Morgan fingerprint density at radius 3 is 2.40 bits per heavy atom. The van der Waals surface area contributed by atoms with Gasteiger partial charge in [-0.15, -0.1) is 0 Å². The molecule has 0 unspecified atom stereocenters. The molecule has 12 heteroatoms. The summed E-state index contributed by atoms with van der Waals surface area (Å²) in [5.74, 6) is 0. The van der Waals surface area contributed by atoms with Crippen molar-refractivity contribution in [2.75, 3.05) is 0 Å². The summed E-state index contributed by atoms with van der Waals surface area (Å²) in [6.07, 6.45) is -4.75. The Balaban J connectivity index is 2.00. The lowest BCUT2D eigenvalue weighted by Gasteiger charge is -2.19. The van der Waals surface area contributed by atoms with E-state index in [1.165, 1.54) is 36.4 Å². The highest BCUT2D eigenvalue weighted by Crippen LogP contribution is 2.36. The Hall–Kier alpha value is -3.47. The van der Waals surface area contributed by atoms with Crippen molar-refractivity contribution in [1.82, 2.24) is 9.55 Å². The standard InChI is InChI=1S/C23H15Cl2F3N4O3/c1-11(29)18-9-13-5-3-7-15(23(26,27)28)19(13)22(33)31(18)14-6-2-4-12(8-14)17-10-16(24)20(32(34)35)21(25)30-17/h2-11H,29H2,1H3/t11-/m0/s1. The van der Waals surface area contributed by atoms with E-state index in [9.17, 15) is 28.1 Å². The van der Waals surface area contributed by atoms with E-state index in [4.69, 9.17) is 28.9 Å². The van der Waals surface area contributed by atoms with Crippen molar-refractivity contribution in [1.29, 1.82) is 0 Å². The Labute approximate surface area is 205 Å². The van der Waals surface area contributed by atoms with Gasteiger partial charge in [-0.05, 0) is 42.6 Å².